The van der Waals surface area contributed by atoms with Gasteiger partial charge in [0.15, 0.2) is 0 Å². The van der Waals surface area contributed by atoms with Gasteiger partial charge in [-0.2, -0.15) is 0 Å². The first-order valence-corrected chi connectivity index (χ1v) is 7.14. The van der Waals surface area contributed by atoms with E-state index < -0.39 is 0 Å². The third-order valence-corrected chi connectivity index (χ3v) is 4.10. The molecule has 0 saturated heterocycles. The molecular formula is C13H13ClN2S2. The Kier molecular flexibility index (Phi) is 4.22. The fourth-order valence-electron chi connectivity index (χ4n) is 1.69. The highest BCUT2D eigenvalue weighted by atomic mass is 35.5. The Hall–Kier alpha value is -1.10. The van der Waals surface area contributed by atoms with Crippen LogP contribution in [0.15, 0.2) is 35.7 Å². The van der Waals surface area contributed by atoms with Crippen LogP contribution in [0.4, 0.5) is 5.69 Å². The van der Waals surface area contributed by atoms with Crippen molar-refractivity contribution in [3.05, 3.63) is 51.2 Å². The van der Waals surface area contributed by atoms with Crippen molar-refractivity contribution in [2.75, 3.05) is 5.32 Å². The van der Waals surface area contributed by atoms with Crippen LogP contribution in [0.2, 0.25) is 5.02 Å². The number of anilines is 1. The van der Waals surface area contributed by atoms with Gasteiger partial charge in [0.25, 0.3) is 0 Å². The lowest BCUT2D eigenvalue weighted by Crippen LogP contribution is -2.14. The summed E-state index contributed by atoms with van der Waals surface area (Å²) in [6.45, 7) is 2.10. The maximum atomic E-state index is 5.96. The van der Waals surface area contributed by atoms with E-state index in [2.05, 4.69) is 23.7 Å². The van der Waals surface area contributed by atoms with E-state index in [-0.39, 0.29) is 6.04 Å². The lowest BCUT2D eigenvalue weighted by molar-refractivity contribution is 0.907. The van der Waals surface area contributed by atoms with Crippen molar-refractivity contribution < 1.29 is 0 Å². The molecule has 1 unspecified atom stereocenters. The predicted molar refractivity (Wildman–Crippen MR) is 83.7 cm³/mol. The van der Waals surface area contributed by atoms with Crippen LogP contribution in [0.25, 0.3) is 0 Å². The fourth-order valence-corrected chi connectivity index (χ4v) is 2.76. The molecule has 1 atom stereocenters. The maximum Gasteiger partial charge on any atom is 0.106 e. The zero-order valence-electron chi connectivity index (χ0n) is 9.81. The average molecular weight is 297 g/mol. The molecule has 2 aromatic rings. The lowest BCUT2D eigenvalue weighted by Gasteiger charge is -2.17. The summed E-state index contributed by atoms with van der Waals surface area (Å²) in [6.07, 6.45) is 0. The van der Waals surface area contributed by atoms with Crippen molar-refractivity contribution in [2.45, 2.75) is 13.0 Å². The van der Waals surface area contributed by atoms with Crippen molar-refractivity contribution in [2.24, 2.45) is 5.73 Å². The molecular weight excluding hydrogens is 284 g/mol. The van der Waals surface area contributed by atoms with Crippen molar-refractivity contribution >= 4 is 45.8 Å². The Morgan fingerprint density at radius 3 is 2.83 bits per heavy atom. The molecule has 18 heavy (non-hydrogen) atoms. The first-order chi connectivity index (χ1) is 8.58. The minimum atomic E-state index is 0.208. The third-order valence-electron chi connectivity index (χ3n) is 2.59. The average Bonchev–Trinajstić information content (AvgIpc) is 2.84. The minimum absolute atomic E-state index is 0.208. The number of thiophene rings is 1. The van der Waals surface area contributed by atoms with E-state index >= 15 is 0 Å². The van der Waals surface area contributed by atoms with Crippen molar-refractivity contribution in [3.8, 4) is 0 Å². The topological polar surface area (TPSA) is 38.0 Å². The molecule has 0 aliphatic heterocycles. The van der Waals surface area contributed by atoms with Gasteiger partial charge in [-0.15, -0.1) is 11.3 Å². The second kappa shape index (κ2) is 5.69. The van der Waals surface area contributed by atoms with E-state index in [1.165, 1.54) is 4.88 Å². The number of thiocarbonyl (C=S) groups is 1. The molecule has 0 aliphatic rings. The number of nitrogens with two attached hydrogens (primary N) is 1. The molecule has 0 spiro atoms. The molecule has 0 radical (unpaired) electrons. The van der Waals surface area contributed by atoms with Crippen molar-refractivity contribution in [3.63, 3.8) is 0 Å². The second-order valence-corrected chi connectivity index (χ2v) is 5.79. The molecule has 0 amide bonds. The largest absolute Gasteiger partial charge is 0.389 e. The summed E-state index contributed by atoms with van der Waals surface area (Å²) in [4.78, 5) is 1.61. The number of nitrogens with one attached hydrogen (secondary N) is 1. The van der Waals surface area contributed by atoms with Gasteiger partial charge >= 0.3 is 0 Å². The molecule has 0 fully saturated rings. The Labute approximate surface area is 121 Å². The SMILES string of the molecule is CC(Nc1ccc(Cl)cc1C(N)=S)c1cccs1. The Morgan fingerprint density at radius 1 is 1.44 bits per heavy atom. The summed E-state index contributed by atoms with van der Waals surface area (Å²) in [7, 11) is 0. The summed E-state index contributed by atoms with van der Waals surface area (Å²) in [6, 6.07) is 9.85. The number of benzene rings is 1. The van der Waals surface area contributed by atoms with Gasteiger partial charge in [-0.25, -0.2) is 0 Å². The van der Waals surface area contributed by atoms with E-state index in [9.17, 15) is 0 Å². The van der Waals surface area contributed by atoms with E-state index in [1.807, 2.05) is 18.2 Å². The normalized spacial score (nSPS) is 12.1. The quantitative estimate of drug-likeness (QED) is 0.830. The molecule has 5 heteroatoms. The van der Waals surface area contributed by atoms with Crippen LogP contribution in [0.5, 0.6) is 0 Å². The van der Waals surface area contributed by atoms with Gasteiger partial charge < -0.3 is 11.1 Å². The van der Waals surface area contributed by atoms with E-state index in [0.29, 0.717) is 10.0 Å². The highest BCUT2D eigenvalue weighted by Gasteiger charge is 2.11. The van der Waals surface area contributed by atoms with Gasteiger partial charge in [0.1, 0.15) is 4.99 Å². The number of halogens is 1. The van der Waals surface area contributed by atoms with Gasteiger partial charge in [-0.05, 0) is 36.6 Å². The van der Waals surface area contributed by atoms with Crippen LogP contribution in [0, 0.1) is 0 Å². The Balaban J connectivity index is 2.26. The zero-order chi connectivity index (χ0) is 13.1. The molecule has 94 valence electrons. The highest BCUT2D eigenvalue weighted by Crippen LogP contribution is 2.27. The van der Waals surface area contributed by atoms with E-state index in [0.717, 1.165) is 11.3 Å². The lowest BCUT2D eigenvalue weighted by atomic mass is 10.1. The highest BCUT2D eigenvalue weighted by molar-refractivity contribution is 7.80. The Morgan fingerprint density at radius 2 is 2.22 bits per heavy atom. The summed E-state index contributed by atoms with van der Waals surface area (Å²) in [5.74, 6) is 0. The predicted octanol–water partition coefficient (Wildman–Crippen LogP) is 4.21. The van der Waals surface area contributed by atoms with Crippen LogP contribution in [0.3, 0.4) is 0 Å². The minimum Gasteiger partial charge on any atom is -0.389 e. The van der Waals surface area contributed by atoms with Crippen LogP contribution < -0.4 is 11.1 Å². The monoisotopic (exact) mass is 296 g/mol. The van der Waals surface area contributed by atoms with Gasteiger partial charge in [-0.1, -0.05) is 29.9 Å². The maximum absolute atomic E-state index is 5.96. The van der Waals surface area contributed by atoms with Crippen LogP contribution in [-0.4, -0.2) is 4.99 Å². The molecule has 2 nitrogen and oxygen atoms in total. The second-order valence-electron chi connectivity index (χ2n) is 3.94. The van der Waals surface area contributed by atoms with Gasteiger partial charge in [-0.3, -0.25) is 0 Å². The summed E-state index contributed by atoms with van der Waals surface area (Å²) < 4.78 is 0. The molecule has 1 aromatic heterocycles. The summed E-state index contributed by atoms with van der Waals surface area (Å²) >= 11 is 12.7. The fraction of sp³-hybridized carbons (Fsp3) is 0.154. The summed E-state index contributed by atoms with van der Waals surface area (Å²) in [5.41, 5.74) is 7.40. The summed E-state index contributed by atoms with van der Waals surface area (Å²) in [5, 5.41) is 6.10. The van der Waals surface area contributed by atoms with E-state index in [1.54, 1.807) is 17.4 Å². The molecule has 1 aromatic carbocycles. The zero-order valence-corrected chi connectivity index (χ0v) is 12.2. The third kappa shape index (κ3) is 3.02. The standard InChI is InChI=1S/C13H13ClN2S2/c1-8(12-3-2-6-18-12)16-11-5-4-9(14)7-10(11)13(15)17/h2-8,16H,1H3,(H2,15,17). The molecule has 0 bridgehead atoms. The Bertz CT molecular complexity index is 552. The molecule has 0 saturated carbocycles. The van der Waals surface area contributed by atoms with Crippen molar-refractivity contribution in [1.82, 2.24) is 0 Å². The van der Waals surface area contributed by atoms with Crippen LogP contribution in [0.1, 0.15) is 23.4 Å². The number of rotatable bonds is 4. The molecule has 1 heterocycles. The van der Waals surface area contributed by atoms with Gasteiger partial charge in [0.05, 0.1) is 6.04 Å². The first-order valence-electron chi connectivity index (χ1n) is 5.47. The molecule has 2 rings (SSSR count). The van der Waals surface area contributed by atoms with Crippen LogP contribution in [-0.2, 0) is 0 Å². The first kappa shape index (κ1) is 13.3. The number of hydrogen-bond donors (Lipinski definition) is 2. The molecule has 0 aliphatic carbocycles. The van der Waals surface area contributed by atoms with Crippen LogP contribution >= 0.6 is 35.2 Å². The number of hydrogen-bond acceptors (Lipinski definition) is 3. The smallest absolute Gasteiger partial charge is 0.106 e. The van der Waals surface area contributed by atoms with Gasteiger partial charge in [0.2, 0.25) is 0 Å². The van der Waals surface area contributed by atoms with E-state index in [4.69, 9.17) is 29.6 Å². The molecule has 3 N–H and O–H groups in total. The van der Waals surface area contributed by atoms with Gasteiger partial charge in [0, 0.05) is 21.2 Å². The van der Waals surface area contributed by atoms with Crippen molar-refractivity contribution in [1.29, 1.82) is 0 Å².